The number of hydrogen-bond acceptors (Lipinski definition) is 6. The van der Waals surface area contributed by atoms with Crippen LogP contribution in [0.2, 0.25) is 0 Å². The molecule has 1 amide bonds. The van der Waals surface area contributed by atoms with Crippen LogP contribution in [0.5, 0.6) is 0 Å². The van der Waals surface area contributed by atoms with Crippen molar-refractivity contribution in [1.29, 1.82) is 0 Å². The molecule has 5 nitrogen and oxygen atoms in total. The molecule has 2 N–H and O–H groups in total. The summed E-state index contributed by atoms with van der Waals surface area (Å²) in [5.41, 5.74) is 0.478. The van der Waals surface area contributed by atoms with E-state index in [9.17, 15) is 9.90 Å². The zero-order chi connectivity index (χ0) is 16.4. The number of amides is 1. The Morgan fingerprint density at radius 1 is 1.39 bits per heavy atom. The highest BCUT2D eigenvalue weighted by atomic mass is 32.1. The average Bonchev–Trinajstić information content (AvgIpc) is 3.27. The Bertz CT molecular complexity index is 738. The third kappa shape index (κ3) is 2.95. The molecule has 0 bridgehead atoms. The maximum atomic E-state index is 12.4. The van der Waals surface area contributed by atoms with Crippen molar-refractivity contribution in [3.05, 3.63) is 61.8 Å². The van der Waals surface area contributed by atoms with Crippen molar-refractivity contribution in [2.75, 3.05) is 6.54 Å². The molecule has 0 radical (unpaired) electrons. The first-order valence-electron chi connectivity index (χ1n) is 7.02. The summed E-state index contributed by atoms with van der Waals surface area (Å²) in [7, 11) is 0. The molecule has 0 aliphatic rings. The van der Waals surface area contributed by atoms with E-state index < -0.39 is 5.60 Å². The summed E-state index contributed by atoms with van der Waals surface area (Å²) in [4.78, 5) is 13.2. The molecule has 3 rings (SSSR count). The second kappa shape index (κ2) is 6.27. The summed E-state index contributed by atoms with van der Waals surface area (Å²) < 4.78 is 5.02. The van der Waals surface area contributed by atoms with Gasteiger partial charge in [-0.25, -0.2) is 0 Å². The number of nitrogens with zero attached hydrogens (tertiary/aromatic N) is 1. The van der Waals surface area contributed by atoms with Crippen LogP contribution in [-0.2, 0) is 5.60 Å². The topological polar surface area (TPSA) is 75.4 Å². The van der Waals surface area contributed by atoms with Gasteiger partial charge in [0.1, 0.15) is 16.9 Å². The van der Waals surface area contributed by atoms with Crippen molar-refractivity contribution >= 4 is 28.6 Å². The highest BCUT2D eigenvalue weighted by molar-refractivity contribution is 7.10. The number of carbonyl (C=O) groups is 1. The molecule has 0 saturated heterocycles. The lowest BCUT2D eigenvalue weighted by atomic mass is 9.94. The van der Waals surface area contributed by atoms with Crippen molar-refractivity contribution in [2.24, 2.45) is 0 Å². The number of aromatic nitrogens is 1. The minimum Gasteiger partial charge on any atom is -0.378 e. The van der Waals surface area contributed by atoms with E-state index in [0.29, 0.717) is 17.0 Å². The summed E-state index contributed by atoms with van der Waals surface area (Å²) in [6.07, 6.45) is 0. The number of carbonyl (C=O) groups excluding carboxylic acids is 1. The summed E-state index contributed by atoms with van der Waals surface area (Å²) in [6.45, 7) is 3.49. The number of nitrogens with one attached hydrogen (secondary N) is 1. The van der Waals surface area contributed by atoms with Crippen LogP contribution in [0.4, 0.5) is 0 Å². The zero-order valence-corrected chi connectivity index (χ0v) is 14.3. The lowest BCUT2D eigenvalue weighted by Crippen LogP contribution is -2.41. The molecule has 23 heavy (non-hydrogen) atoms. The Balaban J connectivity index is 1.85. The normalized spacial score (nSPS) is 13.7. The van der Waals surface area contributed by atoms with Gasteiger partial charge in [-0.2, -0.15) is 11.3 Å². The maximum absolute atomic E-state index is 12.4. The van der Waals surface area contributed by atoms with Gasteiger partial charge in [-0.3, -0.25) is 4.79 Å². The van der Waals surface area contributed by atoms with E-state index in [1.54, 1.807) is 13.8 Å². The first-order chi connectivity index (χ1) is 11.0. The van der Waals surface area contributed by atoms with E-state index in [-0.39, 0.29) is 12.5 Å². The van der Waals surface area contributed by atoms with Gasteiger partial charge < -0.3 is 14.9 Å². The summed E-state index contributed by atoms with van der Waals surface area (Å²) in [5, 5.41) is 23.5. The predicted octanol–water partition coefficient (Wildman–Crippen LogP) is 3.08. The molecule has 0 spiro atoms. The second-order valence-corrected chi connectivity index (χ2v) is 6.96. The fourth-order valence-electron chi connectivity index (χ4n) is 2.45. The van der Waals surface area contributed by atoms with Gasteiger partial charge in [-0.1, -0.05) is 11.2 Å². The fraction of sp³-hybridized carbons (Fsp3) is 0.250. The molecule has 0 aliphatic heterocycles. The summed E-state index contributed by atoms with van der Waals surface area (Å²) >= 11 is 2.96. The Kier molecular flexibility index (Phi) is 4.34. The van der Waals surface area contributed by atoms with E-state index in [4.69, 9.17) is 4.52 Å². The van der Waals surface area contributed by atoms with Crippen molar-refractivity contribution in [2.45, 2.75) is 19.4 Å². The Hall–Kier alpha value is -1.96. The minimum atomic E-state index is -1.25. The van der Waals surface area contributed by atoms with Crippen LogP contribution >= 0.6 is 22.7 Å². The van der Waals surface area contributed by atoms with Crippen LogP contribution in [0.15, 0.2) is 38.9 Å². The lowest BCUT2D eigenvalue weighted by Gasteiger charge is -2.27. The third-order valence-corrected chi connectivity index (χ3v) is 5.40. The van der Waals surface area contributed by atoms with Crippen molar-refractivity contribution in [1.82, 2.24) is 10.5 Å². The van der Waals surface area contributed by atoms with Gasteiger partial charge >= 0.3 is 0 Å². The molecule has 0 unspecified atom stereocenters. The van der Waals surface area contributed by atoms with Crippen molar-refractivity contribution in [3.8, 4) is 0 Å². The molecule has 0 aromatic carbocycles. The van der Waals surface area contributed by atoms with Crippen LogP contribution in [-0.4, -0.2) is 22.7 Å². The van der Waals surface area contributed by atoms with Crippen molar-refractivity contribution in [3.63, 3.8) is 0 Å². The molecule has 0 aliphatic carbocycles. The molecule has 3 aromatic rings. The largest absolute Gasteiger partial charge is 0.378 e. The number of thiophene rings is 2. The molecular formula is C16H16N2O3S2. The first-order valence-corrected chi connectivity index (χ1v) is 8.84. The van der Waals surface area contributed by atoms with Gasteiger partial charge in [0.05, 0.1) is 12.2 Å². The Labute approximate surface area is 141 Å². The van der Waals surface area contributed by atoms with Crippen LogP contribution in [0.25, 0.3) is 0 Å². The summed E-state index contributed by atoms with van der Waals surface area (Å²) in [5.74, 6) is 0.168. The number of aryl methyl sites for hydroxylation is 2. The van der Waals surface area contributed by atoms with Gasteiger partial charge in [0.15, 0.2) is 0 Å². The zero-order valence-electron chi connectivity index (χ0n) is 12.7. The van der Waals surface area contributed by atoms with E-state index in [2.05, 4.69) is 10.5 Å². The highest BCUT2D eigenvalue weighted by Crippen LogP contribution is 2.33. The molecule has 3 aromatic heterocycles. The molecule has 1 atom stereocenters. The van der Waals surface area contributed by atoms with Crippen LogP contribution in [0, 0.1) is 13.8 Å². The van der Waals surface area contributed by atoms with Gasteiger partial charge in [0.2, 0.25) is 0 Å². The van der Waals surface area contributed by atoms with E-state index in [1.807, 2.05) is 34.3 Å². The van der Waals surface area contributed by atoms with Gasteiger partial charge in [-0.05, 0) is 42.1 Å². The van der Waals surface area contributed by atoms with E-state index >= 15 is 0 Å². The third-order valence-electron chi connectivity index (χ3n) is 3.69. The number of hydrogen-bond donors (Lipinski definition) is 2. The quantitative estimate of drug-likeness (QED) is 0.743. The highest BCUT2D eigenvalue weighted by Gasteiger charge is 2.34. The molecule has 0 saturated carbocycles. The Morgan fingerprint density at radius 2 is 2.22 bits per heavy atom. The lowest BCUT2D eigenvalue weighted by molar-refractivity contribution is 0.0719. The number of aliphatic hydroxyl groups is 1. The SMILES string of the molecule is Cc1noc(C)c1C(=O)NC[C@@](O)(c1ccsc1)c1cccs1. The second-order valence-electron chi connectivity index (χ2n) is 5.23. The Morgan fingerprint density at radius 3 is 2.78 bits per heavy atom. The fourth-order valence-corrected chi connectivity index (χ4v) is 4.02. The molecule has 120 valence electrons. The molecular weight excluding hydrogens is 332 g/mol. The predicted molar refractivity (Wildman–Crippen MR) is 89.9 cm³/mol. The summed E-state index contributed by atoms with van der Waals surface area (Å²) in [6, 6.07) is 5.62. The average molecular weight is 348 g/mol. The first kappa shape index (κ1) is 15.9. The maximum Gasteiger partial charge on any atom is 0.256 e. The van der Waals surface area contributed by atoms with Gasteiger partial charge in [0.25, 0.3) is 5.91 Å². The monoisotopic (exact) mass is 348 g/mol. The van der Waals surface area contributed by atoms with E-state index in [0.717, 1.165) is 10.4 Å². The molecule has 3 heterocycles. The number of rotatable bonds is 5. The minimum absolute atomic E-state index is 0.0765. The molecule has 0 fully saturated rings. The van der Waals surface area contributed by atoms with Crippen LogP contribution in [0.1, 0.15) is 32.3 Å². The molecule has 7 heteroatoms. The van der Waals surface area contributed by atoms with Crippen LogP contribution < -0.4 is 5.32 Å². The van der Waals surface area contributed by atoms with E-state index in [1.165, 1.54) is 22.7 Å². The van der Waals surface area contributed by atoms with Crippen molar-refractivity contribution < 1.29 is 14.4 Å². The van der Waals surface area contributed by atoms with Crippen LogP contribution in [0.3, 0.4) is 0 Å². The van der Waals surface area contributed by atoms with Gasteiger partial charge in [-0.15, -0.1) is 11.3 Å². The standard InChI is InChI=1S/C16H16N2O3S2/c1-10-14(11(2)21-18-10)15(19)17-9-16(20,12-5-7-22-8-12)13-4-3-6-23-13/h3-8,20H,9H2,1-2H3,(H,17,19)/t16-/m1/s1. The smallest absolute Gasteiger partial charge is 0.256 e. The van der Waals surface area contributed by atoms with Gasteiger partial charge in [0, 0.05) is 10.4 Å².